The Balaban J connectivity index is 2.36. The molecule has 2 aromatic rings. The lowest BCUT2D eigenvalue weighted by molar-refractivity contribution is 0.414. The minimum absolute atomic E-state index is 0.252. The van der Waals surface area contributed by atoms with E-state index < -0.39 is 16.1 Å². The number of rotatable bonds is 6. The maximum absolute atomic E-state index is 12.6. The Morgan fingerprint density at radius 3 is 2.22 bits per heavy atom. The summed E-state index contributed by atoms with van der Waals surface area (Å²) in [6, 6.07) is 15.3. The summed E-state index contributed by atoms with van der Waals surface area (Å²) in [4.78, 5) is 0.252. The molecule has 0 saturated heterocycles. The minimum Gasteiger partial charge on any atom is -0.497 e. The van der Waals surface area contributed by atoms with Gasteiger partial charge in [-0.25, -0.2) is 8.42 Å². The van der Waals surface area contributed by atoms with Crippen LogP contribution < -0.4 is 9.46 Å². The second-order valence-electron chi connectivity index (χ2n) is 5.17. The summed E-state index contributed by atoms with van der Waals surface area (Å²) in [5.41, 5.74) is 1.79. The SMILES string of the molecule is C/C=C(\C)C(NS(=O)(=O)c1ccccc1)c1ccc(OC)cc1. The monoisotopic (exact) mass is 331 g/mol. The second-order valence-corrected chi connectivity index (χ2v) is 6.89. The van der Waals surface area contributed by atoms with Gasteiger partial charge in [0.1, 0.15) is 5.75 Å². The van der Waals surface area contributed by atoms with Gasteiger partial charge >= 0.3 is 0 Å². The van der Waals surface area contributed by atoms with Gasteiger partial charge in [-0.3, -0.25) is 0 Å². The third kappa shape index (κ3) is 4.21. The van der Waals surface area contributed by atoms with Crippen molar-refractivity contribution >= 4 is 10.0 Å². The molecule has 0 heterocycles. The first-order chi connectivity index (χ1) is 11.0. The standard InChI is InChI=1S/C18H21NO3S/c1-4-14(2)18(15-10-12-16(22-3)13-11-15)19-23(20,21)17-8-6-5-7-9-17/h4-13,18-19H,1-3H3/b14-4+. The fourth-order valence-corrected chi connectivity index (χ4v) is 3.49. The molecule has 0 amide bonds. The predicted octanol–water partition coefficient (Wildman–Crippen LogP) is 3.68. The van der Waals surface area contributed by atoms with E-state index in [1.54, 1.807) is 37.4 Å². The zero-order valence-electron chi connectivity index (χ0n) is 13.5. The molecule has 1 atom stereocenters. The van der Waals surface area contributed by atoms with Crippen LogP contribution in [0.25, 0.3) is 0 Å². The molecule has 1 N–H and O–H groups in total. The highest BCUT2D eigenvalue weighted by Gasteiger charge is 2.22. The number of methoxy groups -OCH3 is 1. The van der Waals surface area contributed by atoms with E-state index in [1.807, 2.05) is 44.2 Å². The van der Waals surface area contributed by atoms with E-state index in [-0.39, 0.29) is 4.90 Å². The average molecular weight is 331 g/mol. The third-order valence-electron chi connectivity index (χ3n) is 3.69. The summed E-state index contributed by atoms with van der Waals surface area (Å²) in [5, 5.41) is 0. The number of hydrogen-bond acceptors (Lipinski definition) is 3. The van der Waals surface area contributed by atoms with Gasteiger partial charge in [-0.2, -0.15) is 4.72 Å². The molecule has 0 aliphatic heterocycles. The Labute approximate surface area is 137 Å². The van der Waals surface area contributed by atoms with E-state index in [9.17, 15) is 8.42 Å². The van der Waals surface area contributed by atoms with Crippen molar-refractivity contribution in [2.24, 2.45) is 0 Å². The zero-order chi connectivity index (χ0) is 16.9. The van der Waals surface area contributed by atoms with Gasteiger partial charge in [-0.05, 0) is 43.7 Å². The number of nitrogens with one attached hydrogen (secondary N) is 1. The first kappa shape index (κ1) is 17.2. The largest absolute Gasteiger partial charge is 0.497 e. The van der Waals surface area contributed by atoms with Crippen molar-refractivity contribution in [3.05, 3.63) is 71.8 Å². The quantitative estimate of drug-likeness (QED) is 0.822. The molecule has 0 spiro atoms. The van der Waals surface area contributed by atoms with Crippen LogP contribution in [0, 0.1) is 0 Å². The van der Waals surface area contributed by atoms with E-state index >= 15 is 0 Å². The molecule has 122 valence electrons. The van der Waals surface area contributed by atoms with E-state index in [2.05, 4.69) is 4.72 Å². The Morgan fingerprint density at radius 2 is 1.70 bits per heavy atom. The molecule has 0 bridgehead atoms. The smallest absolute Gasteiger partial charge is 0.241 e. The maximum Gasteiger partial charge on any atom is 0.241 e. The summed E-state index contributed by atoms with van der Waals surface area (Å²) in [5.74, 6) is 0.733. The van der Waals surface area contributed by atoms with Crippen molar-refractivity contribution in [3.8, 4) is 5.75 Å². The van der Waals surface area contributed by atoms with E-state index in [4.69, 9.17) is 4.74 Å². The summed E-state index contributed by atoms with van der Waals surface area (Å²) < 4.78 is 33.1. The van der Waals surface area contributed by atoms with Crippen molar-refractivity contribution in [1.29, 1.82) is 0 Å². The van der Waals surface area contributed by atoms with Gasteiger partial charge in [0.15, 0.2) is 0 Å². The first-order valence-corrected chi connectivity index (χ1v) is 8.80. The van der Waals surface area contributed by atoms with Crippen LogP contribution in [0.5, 0.6) is 5.75 Å². The third-order valence-corrected chi connectivity index (χ3v) is 5.13. The van der Waals surface area contributed by atoms with Gasteiger partial charge in [0.2, 0.25) is 10.0 Å². The van der Waals surface area contributed by atoms with Gasteiger partial charge in [0, 0.05) is 0 Å². The molecule has 5 heteroatoms. The van der Waals surface area contributed by atoms with Crippen molar-refractivity contribution in [2.45, 2.75) is 24.8 Å². The highest BCUT2D eigenvalue weighted by atomic mass is 32.2. The fraction of sp³-hybridized carbons (Fsp3) is 0.222. The van der Waals surface area contributed by atoms with E-state index in [0.717, 1.165) is 16.9 Å². The lowest BCUT2D eigenvalue weighted by atomic mass is 10.0. The highest BCUT2D eigenvalue weighted by Crippen LogP contribution is 2.25. The van der Waals surface area contributed by atoms with Crippen LogP contribution in [0.2, 0.25) is 0 Å². The van der Waals surface area contributed by atoms with Crippen LogP contribution >= 0.6 is 0 Å². The van der Waals surface area contributed by atoms with E-state index in [1.165, 1.54) is 0 Å². The Hall–Kier alpha value is -2.11. The lowest BCUT2D eigenvalue weighted by Gasteiger charge is -2.20. The van der Waals surface area contributed by atoms with Crippen LogP contribution in [0.1, 0.15) is 25.5 Å². The summed E-state index contributed by atoms with van der Waals surface area (Å²) in [6.45, 7) is 3.80. The summed E-state index contributed by atoms with van der Waals surface area (Å²) in [6.07, 6.45) is 1.91. The Bertz CT molecular complexity index is 766. The van der Waals surface area contributed by atoms with Gasteiger partial charge in [-0.15, -0.1) is 0 Å². The minimum atomic E-state index is -3.60. The number of benzene rings is 2. The van der Waals surface area contributed by atoms with Crippen molar-refractivity contribution in [3.63, 3.8) is 0 Å². The van der Waals surface area contributed by atoms with Crippen LogP contribution in [-0.4, -0.2) is 15.5 Å². The normalized spacial score (nSPS) is 13.6. The van der Waals surface area contributed by atoms with Gasteiger partial charge in [0.25, 0.3) is 0 Å². The molecule has 0 aliphatic rings. The van der Waals surface area contributed by atoms with E-state index in [0.29, 0.717) is 0 Å². The molecule has 0 saturated carbocycles. The molecule has 0 radical (unpaired) electrons. The van der Waals surface area contributed by atoms with Gasteiger partial charge in [-0.1, -0.05) is 42.0 Å². The van der Waals surface area contributed by atoms with Crippen LogP contribution in [0.15, 0.2) is 71.1 Å². The molecular weight excluding hydrogens is 310 g/mol. The number of ether oxygens (including phenoxy) is 1. The fourth-order valence-electron chi connectivity index (χ4n) is 2.21. The van der Waals surface area contributed by atoms with Crippen molar-refractivity contribution < 1.29 is 13.2 Å². The van der Waals surface area contributed by atoms with Crippen molar-refractivity contribution in [1.82, 2.24) is 4.72 Å². The predicted molar refractivity (Wildman–Crippen MR) is 91.9 cm³/mol. The Morgan fingerprint density at radius 1 is 1.09 bits per heavy atom. The lowest BCUT2D eigenvalue weighted by Crippen LogP contribution is -2.29. The molecule has 4 nitrogen and oxygen atoms in total. The highest BCUT2D eigenvalue weighted by molar-refractivity contribution is 7.89. The van der Waals surface area contributed by atoms with Crippen LogP contribution in [0.3, 0.4) is 0 Å². The zero-order valence-corrected chi connectivity index (χ0v) is 14.3. The maximum atomic E-state index is 12.6. The molecule has 2 rings (SSSR count). The molecule has 1 unspecified atom stereocenters. The second kappa shape index (κ2) is 7.44. The molecular formula is C18H21NO3S. The Kier molecular flexibility index (Phi) is 5.58. The van der Waals surface area contributed by atoms with Crippen LogP contribution in [-0.2, 0) is 10.0 Å². The van der Waals surface area contributed by atoms with Gasteiger partial charge < -0.3 is 4.74 Å². The average Bonchev–Trinajstić information content (AvgIpc) is 2.60. The summed E-state index contributed by atoms with van der Waals surface area (Å²) >= 11 is 0. The number of sulfonamides is 1. The number of hydrogen-bond donors (Lipinski definition) is 1. The summed E-state index contributed by atoms with van der Waals surface area (Å²) in [7, 11) is -2.00. The van der Waals surface area contributed by atoms with Crippen LogP contribution in [0.4, 0.5) is 0 Å². The molecule has 0 aromatic heterocycles. The molecule has 2 aromatic carbocycles. The number of allylic oxidation sites excluding steroid dienone is 1. The molecule has 0 aliphatic carbocycles. The topological polar surface area (TPSA) is 55.4 Å². The van der Waals surface area contributed by atoms with Gasteiger partial charge in [0.05, 0.1) is 18.0 Å². The molecule has 0 fully saturated rings. The van der Waals surface area contributed by atoms with Crippen molar-refractivity contribution in [2.75, 3.05) is 7.11 Å². The first-order valence-electron chi connectivity index (χ1n) is 7.32. The molecule has 23 heavy (non-hydrogen) atoms.